The molecule has 0 saturated heterocycles. The normalized spacial score (nSPS) is 13.4. The zero-order valence-electron chi connectivity index (χ0n) is 19.2. The Labute approximate surface area is 202 Å². The van der Waals surface area contributed by atoms with Gasteiger partial charge in [0.25, 0.3) is 11.8 Å². The molecule has 0 spiro atoms. The van der Waals surface area contributed by atoms with Crippen LogP contribution in [0.3, 0.4) is 0 Å². The molecule has 3 aromatic carbocycles. The van der Waals surface area contributed by atoms with Crippen molar-refractivity contribution in [3.63, 3.8) is 0 Å². The Morgan fingerprint density at radius 1 is 1.03 bits per heavy atom. The molecule has 0 atom stereocenters. The van der Waals surface area contributed by atoms with Gasteiger partial charge in [-0.05, 0) is 72.7 Å². The van der Waals surface area contributed by atoms with Gasteiger partial charge in [0, 0.05) is 52.6 Å². The molecular weight excluding hydrogens is 445 g/mol. The third-order valence-corrected chi connectivity index (χ3v) is 6.21. The summed E-state index contributed by atoms with van der Waals surface area (Å²) >= 11 is 0. The molecule has 0 bridgehead atoms. The molecule has 4 aromatic rings. The number of benzene rings is 3. The fraction of sp³-hybridized carbons (Fsp3) is 0.143. The molecule has 0 saturated carbocycles. The van der Waals surface area contributed by atoms with E-state index in [0.717, 1.165) is 28.6 Å². The van der Waals surface area contributed by atoms with Crippen molar-refractivity contribution in [2.24, 2.45) is 0 Å². The van der Waals surface area contributed by atoms with Crippen LogP contribution in [0.15, 0.2) is 79.0 Å². The average Bonchev–Trinajstić information content (AvgIpc) is 3.32. The number of fused-ring (bicyclic) bond motifs is 1. The Hall–Kier alpha value is -4.39. The number of halogens is 1. The monoisotopic (exact) mass is 469 g/mol. The summed E-state index contributed by atoms with van der Waals surface area (Å²) in [6.07, 6.45) is 4.82. The van der Waals surface area contributed by atoms with E-state index in [4.69, 9.17) is 4.74 Å². The summed E-state index contributed by atoms with van der Waals surface area (Å²) in [5.41, 5.74) is 4.69. The number of amides is 2. The number of hydrogen-bond acceptors (Lipinski definition) is 3. The van der Waals surface area contributed by atoms with Crippen molar-refractivity contribution in [1.82, 2.24) is 9.88 Å². The molecule has 7 heteroatoms. The Morgan fingerprint density at radius 2 is 1.86 bits per heavy atom. The van der Waals surface area contributed by atoms with Crippen molar-refractivity contribution >= 4 is 34.0 Å². The lowest BCUT2D eigenvalue weighted by atomic mass is 9.98. The van der Waals surface area contributed by atoms with Crippen molar-refractivity contribution in [2.45, 2.75) is 6.42 Å². The van der Waals surface area contributed by atoms with Gasteiger partial charge in [-0.15, -0.1) is 0 Å². The molecule has 1 aliphatic rings. The highest BCUT2D eigenvalue weighted by Gasteiger charge is 2.21. The van der Waals surface area contributed by atoms with E-state index in [1.165, 1.54) is 29.8 Å². The highest BCUT2D eigenvalue weighted by atomic mass is 19.1. The Kier molecular flexibility index (Phi) is 6.06. The maximum Gasteiger partial charge on any atom is 0.255 e. The molecule has 0 aliphatic carbocycles. The fourth-order valence-corrected chi connectivity index (χ4v) is 4.31. The van der Waals surface area contributed by atoms with Gasteiger partial charge in [0.1, 0.15) is 11.6 Å². The van der Waals surface area contributed by atoms with Crippen molar-refractivity contribution in [3.8, 4) is 5.75 Å². The first kappa shape index (κ1) is 22.4. The molecule has 0 fully saturated rings. The minimum atomic E-state index is -0.405. The number of aromatic nitrogens is 1. The summed E-state index contributed by atoms with van der Waals surface area (Å²) in [6.45, 7) is 1.09. The third-order valence-electron chi connectivity index (χ3n) is 6.21. The maximum absolute atomic E-state index is 13.2. The second kappa shape index (κ2) is 9.46. The Balaban J connectivity index is 1.29. The molecule has 1 aromatic heterocycles. The van der Waals surface area contributed by atoms with Gasteiger partial charge < -0.3 is 19.9 Å². The number of aromatic amines is 1. The summed E-state index contributed by atoms with van der Waals surface area (Å²) in [6, 6.07) is 18.1. The molecule has 2 N–H and O–H groups in total. The number of H-pyrrole nitrogens is 1. The van der Waals surface area contributed by atoms with Crippen LogP contribution >= 0.6 is 0 Å². The number of ether oxygens (including phenoxy) is 1. The maximum atomic E-state index is 13.2. The van der Waals surface area contributed by atoms with Gasteiger partial charge >= 0.3 is 0 Å². The second-order valence-corrected chi connectivity index (χ2v) is 8.39. The van der Waals surface area contributed by atoms with Crippen LogP contribution in [-0.2, 0) is 0 Å². The molecule has 6 nitrogen and oxygen atoms in total. The molecule has 35 heavy (non-hydrogen) atoms. The SMILES string of the molecule is COc1ccc2[nH]cc(C3=CCN(C(=O)c4cccc(NC(=O)c5ccc(F)cc5)c4)CC3)c2c1. The van der Waals surface area contributed by atoms with E-state index in [9.17, 15) is 14.0 Å². The summed E-state index contributed by atoms with van der Waals surface area (Å²) in [7, 11) is 1.65. The fourth-order valence-electron chi connectivity index (χ4n) is 4.31. The van der Waals surface area contributed by atoms with Gasteiger partial charge in [-0.25, -0.2) is 4.39 Å². The van der Waals surface area contributed by atoms with Crippen LogP contribution in [0.4, 0.5) is 10.1 Å². The third kappa shape index (κ3) is 4.66. The minimum absolute atomic E-state index is 0.0984. The van der Waals surface area contributed by atoms with Gasteiger partial charge in [-0.2, -0.15) is 0 Å². The van der Waals surface area contributed by atoms with Crippen LogP contribution in [0.1, 0.15) is 32.7 Å². The van der Waals surface area contributed by atoms with Gasteiger partial charge in [0.15, 0.2) is 0 Å². The van der Waals surface area contributed by atoms with Gasteiger partial charge in [-0.3, -0.25) is 9.59 Å². The molecule has 0 unspecified atom stereocenters. The van der Waals surface area contributed by atoms with Gasteiger partial charge in [0.2, 0.25) is 0 Å². The molecule has 176 valence electrons. The average molecular weight is 470 g/mol. The van der Waals surface area contributed by atoms with Crippen LogP contribution < -0.4 is 10.1 Å². The zero-order chi connectivity index (χ0) is 24.4. The minimum Gasteiger partial charge on any atom is -0.497 e. The van der Waals surface area contributed by atoms with E-state index in [1.807, 2.05) is 24.4 Å². The lowest BCUT2D eigenvalue weighted by Gasteiger charge is -2.27. The van der Waals surface area contributed by atoms with E-state index >= 15 is 0 Å². The summed E-state index contributed by atoms with van der Waals surface area (Å²) in [5.74, 6) is -0.0652. The molecule has 2 heterocycles. The van der Waals surface area contributed by atoms with Crippen LogP contribution in [0.25, 0.3) is 16.5 Å². The quantitative estimate of drug-likeness (QED) is 0.406. The topological polar surface area (TPSA) is 74.4 Å². The highest BCUT2D eigenvalue weighted by Crippen LogP contribution is 2.32. The number of nitrogens with one attached hydrogen (secondary N) is 2. The number of rotatable bonds is 5. The van der Waals surface area contributed by atoms with E-state index in [1.54, 1.807) is 36.3 Å². The molecule has 1 aliphatic heterocycles. The lowest BCUT2D eigenvalue weighted by Crippen LogP contribution is -2.34. The number of nitrogens with zero attached hydrogens (tertiary/aromatic N) is 1. The van der Waals surface area contributed by atoms with Crippen LogP contribution in [0.5, 0.6) is 5.75 Å². The number of carbonyl (C=O) groups excluding carboxylic acids is 2. The van der Waals surface area contributed by atoms with E-state index in [0.29, 0.717) is 29.9 Å². The Morgan fingerprint density at radius 3 is 2.60 bits per heavy atom. The van der Waals surface area contributed by atoms with Crippen molar-refractivity contribution in [3.05, 3.63) is 102 Å². The zero-order valence-corrected chi connectivity index (χ0v) is 19.2. The number of hydrogen-bond donors (Lipinski definition) is 2. The predicted molar refractivity (Wildman–Crippen MR) is 134 cm³/mol. The highest BCUT2D eigenvalue weighted by molar-refractivity contribution is 6.05. The van der Waals surface area contributed by atoms with E-state index in [-0.39, 0.29) is 11.8 Å². The van der Waals surface area contributed by atoms with Crippen LogP contribution in [0.2, 0.25) is 0 Å². The van der Waals surface area contributed by atoms with Crippen molar-refractivity contribution in [1.29, 1.82) is 0 Å². The standard InChI is InChI=1S/C28H24FN3O3/c1-35-23-9-10-26-24(16-23)25(17-30-26)18-11-13-32(14-12-18)28(34)20-3-2-4-22(15-20)31-27(33)19-5-7-21(29)8-6-19/h2-11,15-17,30H,12-14H2,1H3,(H,31,33). The van der Waals surface area contributed by atoms with Crippen molar-refractivity contribution < 1.29 is 18.7 Å². The van der Waals surface area contributed by atoms with Crippen LogP contribution in [-0.4, -0.2) is 41.9 Å². The van der Waals surface area contributed by atoms with Gasteiger partial charge in [0.05, 0.1) is 7.11 Å². The van der Waals surface area contributed by atoms with E-state index in [2.05, 4.69) is 16.4 Å². The number of carbonyl (C=O) groups is 2. The van der Waals surface area contributed by atoms with Crippen molar-refractivity contribution in [2.75, 3.05) is 25.5 Å². The summed E-state index contributed by atoms with van der Waals surface area (Å²) in [4.78, 5) is 30.7. The lowest BCUT2D eigenvalue weighted by molar-refractivity contribution is 0.0772. The largest absolute Gasteiger partial charge is 0.497 e. The smallest absolute Gasteiger partial charge is 0.255 e. The summed E-state index contributed by atoms with van der Waals surface area (Å²) in [5, 5.41) is 3.87. The predicted octanol–water partition coefficient (Wildman–Crippen LogP) is 5.50. The van der Waals surface area contributed by atoms with E-state index < -0.39 is 5.82 Å². The van der Waals surface area contributed by atoms with Crippen LogP contribution in [0, 0.1) is 5.82 Å². The molecule has 5 rings (SSSR count). The number of methoxy groups -OCH3 is 1. The molecular formula is C28H24FN3O3. The second-order valence-electron chi connectivity index (χ2n) is 8.39. The first-order chi connectivity index (χ1) is 17.0. The first-order valence-corrected chi connectivity index (χ1v) is 11.3. The molecule has 0 radical (unpaired) electrons. The molecule has 2 amide bonds. The number of anilines is 1. The van der Waals surface area contributed by atoms with Gasteiger partial charge in [-0.1, -0.05) is 12.1 Å². The first-order valence-electron chi connectivity index (χ1n) is 11.3. The Bertz CT molecular complexity index is 1440. The summed E-state index contributed by atoms with van der Waals surface area (Å²) < 4.78 is 18.5.